The van der Waals surface area contributed by atoms with Crippen LogP contribution in [-0.4, -0.2) is 29.7 Å². The lowest BCUT2D eigenvalue weighted by Gasteiger charge is -2.05. The topological polar surface area (TPSA) is 69.9 Å². The molecule has 0 fully saturated rings. The predicted molar refractivity (Wildman–Crippen MR) is 109 cm³/mol. The molecule has 0 bridgehead atoms. The second-order valence-electron chi connectivity index (χ2n) is 6.08. The Morgan fingerprint density at radius 3 is 2.55 bits per heavy atom. The number of amides is 1. The Balaban J connectivity index is 1.96. The molecule has 152 valence electrons. The summed E-state index contributed by atoms with van der Waals surface area (Å²) in [6.07, 6.45) is 0.126. The van der Waals surface area contributed by atoms with Crippen molar-refractivity contribution in [2.45, 2.75) is 26.8 Å². The average Bonchev–Trinajstić information content (AvgIpc) is 3.03. The molecule has 0 aliphatic carbocycles. The van der Waals surface area contributed by atoms with E-state index in [4.69, 9.17) is 9.47 Å². The van der Waals surface area contributed by atoms with Crippen molar-refractivity contribution in [1.82, 2.24) is 4.57 Å². The molecule has 1 heterocycles. The zero-order valence-electron chi connectivity index (χ0n) is 16.2. The molecular weight excluding hydrogens is 395 g/mol. The van der Waals surface area contributed by atoms with Gasteiger partial charge in [-0.05, 0) is 56.3 Å². The molecule has 0 radical (unpaired) electrons. The number of hydrogen-bond acceptors (Lipinski definition) is 5. The standard InChI is InChI=1S/C21H21FN2O4S/c1-3-27-16-8-5-14(6-9-16)20(26)23-21-24(12-11-19(25)28-4-2)17-10-7-15(22)13-18(17)29-21/h5-10,13H,3-4,11-12H2,1-2H3. The van der Waals surface area contributed by atoms with Gasteiger partial charge in [-0.15, -0.1) is 0 Å². The largest absolute Gasteiger partial charge is 0.494 e. The van der Waals surface area contributed by atoms with Crippen LogP contribution in [0.5, 0.6) is 5.75 Å². The van der Waals surface area contributed by atoms with Crippen LogP contribution in [0.15, 0.2) is 47.5 Å². The molecule has 3 aromatic rings. The fourth-order valence-corrected chi connectivity index (χ4v) is 3.88. The van der Waals surface area contributed by atoms with Crippen molar-refractivity contribution in [1.29, 1.82) is 0 Å². The molecule has 0 aliphatic rings. The molecule has 0 spiro atoms. The Morgan fingerprint density at radius 2 is 1.86 bits per heavy atom. The van der Waals surface area contributed by atoms with Crippen LogP contribution < -0.4 is 9.54 Å². The summed E-state index contributed by atoms with van der Waals surface area (Å²) in [5.74, 6) is -0.471. The highest BCUT2D eigenvalue weighted by molar-refractivity contribution is 7.16. The number of hydrogen-bond donors (Lipinski definition) is 0. The van der Waals surface area contributed by atoms with Crippen LogP contribution in [0.1, 0.15) is 30.6 Å². The first kappa shape index (κ1) is 20.7. The molecule has 0 aliphatic heterocycles. The molecule has 1 aromatic heterocycles. The Kier molecular flexibility index (Phi) is 6.77. The minimum absolute atomic E-state index is 0.126. The van der Waals surface area contributed by atoms with Gasteiger partial charge in [-0.25, -0.2) is 4.39 Å². The number of fused-ring (bicyclic) bond motifs is 1. The molecule has 0 atom stereocenters. The van der Waals surface area contributed by atoms with E-state index in [2.05, 4.69) is 4.99 Å². The van der Waals surface area contributed by atoms with Gasteiger partial charge in [0.2, 0.25) is 0 Å². The SMILES string of the molecule is CCOC(=O)CCn1c(=NC(=O)c2ccc(OCC)cc2)sc2cc(F)ccc21. The molecule has 3 rings (SSSR count). The van der Waals surface area contributed by atoms with E-state index < -0.39 is 5.91 Å². The van der Waals surface area contributed by atoms with Crippen LogP contribution in [0.25, 0.3) is 10.2 Å². The van der Waals surface area contributed by atoms with E-state index >= 15 is 0 Å². The second-order valence-corrected chi connectivity index (χ2v) is 7.09. The van der Waals surface area contributed by atoms with Gasteiger partial charge in [0.1, 0.15) is 11.6 Å². The number of aryl methyl sites for hydroxylation is 1. The molecule has 0 saturated carbocycles. The summed E-state index contributed by atoms with van der Waals surface area (Å²) in [5.41, 5.74) is 1.12. The van der Waals surface area contributed by atoms with Crippen molar-refractivity contribution in [2.75, 3.05) is 13.2 Å². The molecule has 6 nitrogen and oxygen atoms in total. The number of aromatic nitrogens is 1. The fourth-order valence-electron chi connectivity index (χ4n) is 2.80. The van der Waals surface area contributed by atoms with Crippen molar-refractivity contribution < 1.29 is 23.5 Å². The number of carbonyl (C=O) groups excluding carboxylic acids is 2. The van der Waals surface area contributed by atoms with Gasteiger partial charge in [0, 0.05) is 12.1 Å². The van der Waals surface area contributed by atoms with E-state index in [0.717, 1.165) is 0 Å². The zero-order valence-corrected chi connectivity index (χ0v) is 17.0. The molecule has 1 amide bonds. The number of carbonyl (C=O) groups is 2. The van der Waals surface area contributed by atoms with Crippen LogP contribution in [-0.2, 0) is 16.1 Å². The molecule has 2 aromatic carbocycles. The fraction of sp³-hybridized carbons (Fsp3) is 0.286. The monoisotopic (exact) mass is 416 g/mol. The highest BCUT2D eigenvalue weighted by atomic mass is 32.1. The van der Waals surface area contributed by atoms with Crippen molar-refractivity contribution in [3.8, 4) is 5.75 Å². The third-order valence-corrected chi connectivity index (χ3v) is 5.14. The minimum atomic E-state index is -0.426. The van der Waals surface area contributed by atoms with Gasteiger partial charge >= 0.3 is 5.97 Å². The smallest absolute Gasteiger partial charge is 0.307 e. The van der Waals surface area contributed by atoms with Crippen LogP contribution >= 0.6 is 11.3 Å². The summed E-state index contributed by atoms with van der Waals surface area (Å²) in [4.78, 5) is 29.0. The highest BCUT2D eigenvalue weighted by Crippen LogP contribution is 2.19. The lowest BCUT2D eigenvalue weighted by Crippen LogP contribution is -2.19. The van der Waals surface area contributed by atoms with E-state index in [9.17, 15) is 14.0 Å². The van der Waals surface area contributed by atoms with Gasteiger partial charge in [-0.3, -0.25) is 9.59 Å². The van der Waals surface area contributed by atoms with Crippen molar-refractivity contribution in [3.63, 3.8) is 0 Å². The maximum absolute atomic E-state index is 13.6. The lowest BCUT2D eigenvalue weighted by atomic mass is 10.2. The lowest BCUT2D eigenvalue weighted by molar-refractivity contribution is -0.143. The van der Waals surface area contributed by atoms with Crippen molar-refractivity contribution in [2.24, 2.45) is 4.99 Å². The third kappa shape index (κ3) is 5.08. The van der Waals surface area contributed by atoms with Crippen LogP contribution in [0.3, 0.4) is 0 Å². The van der Waals surface area contributed by atoms with Gasteiger partial charge in [-0.1, -0.05) is 11.3 Å². The Labute approximate surface area is 171 Å². The first-order valence-electron chi connectivity index (χ1n) is 9.28. The van der Waals surface area contributed by atoms with Gasteiger partial charge in [0.25, 0.3) is 5.91 Å². The normalized spacial score (nSPS) is 11.6. The summed E-state index contributed by atoms with van der Waals surface area (Å²) in [6, 6.07) is 11.1. The number of thiazole rings is 1. The van der Waals surface area contributed by atoms with Gasteiger partial charge in [0.05, 0.1) is 29.9 Å². The molecule has 29 heavy (non-hydrogen) atoms. The first-order valence-corrected chi connectivity index (χ1v) is 10.1. The zero-order chi connectivity index (χ0) is 20.8. The Hall–Kier alpha value is -3.00. The van der Waals surface area contributed by atoms with E-state index in [1.54, 1.807) is 41.8 Å². The Bertz CT molecular complexity index is 1090. The quantitative estimate of drug-likeness (QED) is 0.547. The van der Waals surface area contributed by atoms with Crippen LogP contribution in [0.2, 0.25) is 0 Å². The van der Waals surface area contributed by atoms with Gasteiger partial charge in [-0.2, -0.15) is 4.99 Å². The summed E-state index contributed by atoms with van der Waals surface area (Å²) in [6.45, 7) is 4.74. The maximum atomic E-state index is 13.6. The van der Waals surface area contributed by atoms with Gasteiger partial charge in [0.15, 0.2) is 4.80 Å². The van der Waals surface area contributed by atoms with Crippen molar-refractivity contribution >= 4 is 33.4 Å². The molecule has 8 heteroatoms. The molecular formula is C21H21FN2O4S. The summed E-state index contributed by atoms with van der Waals surface area (Å²) in [5, 5.41) is 0. The molecule has 0 saturated heterocycles. The average molecular weight is 416 g/mol. The van der Waals surface area contributed by atoms with Gasteiger partial charge < -0.3 is 14.0 Å². The predicted octanol–water partition coefficient (Wildman–Crippen LogP) is 3.93. The molecule has 0 N–H and O–H groups in total. The van der Waals surface area contributed by atoms with E-state index in [0.29, 0.717) is 39.5 Å². The number of ether oxygens (including phenoxy) is 2. The number of benzene rings is 2. The summed E-state index contributed by atoms with van der Waals surface area (Å²) in [7, 11) is 0. The number of nitrogens with zero attached hydrogens (tertiary/aromatic N) is 2. The minimum Gasteiger partial charge on any atom is -0.494 e. The summed E-state index contributed by atoms with van der Waals surface area (Å²) < 4.78 is 26.4. The third-order valence-electron chi connectivity index (χ3n) is 4.10. The molecule has 0 unspecified atom stereocenters. The van der Waals surface area contributed by atoms with E-state index in [1.807, 2.05) is 6.92 Å². The maximum Gasteiger partial charge on any atom is 0.307 e. The number of rotatable bonds is 7. The Morgan fingerprint density at radius 1 is 1.10 bits per heavy atom. The van der Waals surface area contributed by atoms with E-state index in [1.165, 1.54) is 23.5 Å². The highest BCUT2D eigenvalue weighted by Gasteiger charge is 2.12. The number of esters is 1. The number of halogens is 1. The first-order chi connectivity index (χ1) is 14.0. The van der Waals surface area contributed by atoms with E-state index in [-0.39, 0.29) is 24.8 Å². The van der Waals surface area contributed by atoms with Crippen molar-refractivity contribution in [3.05, 3.63) is 58.6 Å². The van der Waals surface area contributed by atoms with Crippen LogP contribution in [0.4, 0.5) is 4.39 Å². The second kappa shape index (κ2) is 9.47. The summed E-state index contributed by atoms with van der Waals surface area (Å²) >= 11 is 1.20. The van der Waals surface area contributed by atoms with Crippen LogP contribution in [0, 0.1) is 5.82 Å².